The Hall–Kier alpha value is -0.190. The number of benzene rings is 1. The van der Waals surface area contributed by atoms with Crippen LogP contribution in [0.5, 0.6) is 0 Å². The summed E-state index contributed by atoms with van der Waals surface area (Å²) in [5.74, 6) is 0. The van der Waals surface area contributed by atoms with Crippen LogP contribution in [0.2, 0.25) is 5.02 Å². The predicted molar refractivity (Wildman–Crippen MR) is 112 cm³/mol. The average molecular weight is 397 g/mol. The Labute approximate surface area is 164 Å². The minimum Gasteiger partial charge on any atom is -0.378 e. The molecule has 1 fully saturated rings. The van der Waals surface area contributed by atoms with Crippen molar-refractivity contribution in [1.29, 1.82) is 0 Å². The molecule has 0 aromatic heterocycles. The van der Waals surface area contributed by atoms with Gasteiger partial charge in [-0.1, -0.05) is 43.9 Å². The molecule has 1 aromatic rings. The number of nitrogens with one attached hydrogen (secondary N) is 1. The molecule has 0 bridgehead atoms. The molecule has 1 aromatic carbocycles. The number of nitrogens with zero attached hydrogens (tertiary/aromatic N) is 2. The second kappa shape index (κ2) is 12.2. The summed E-state index contributed by atoms with van der Waals surface area (Å²) in [6, 6.07) is 6.98. The Balaban J connectivity index is 0.00000264. The molecule has 0 spiro atoms. The molecule has 1 atom stereocenters. The molecule has 0 saturated carbocycles. The van der Waals surface area contributed by atoms with Crippen molar-refractivity contribution in [2.24, 2.45) is 0 Å². The second-order valence-corrected chi connectivity index (χ2v) is 6.80. The van der Waals surface area contributed by atoms with E-state index in [0.29, 0.717) is 6.04 Å². The largest absolute Gasteiger partial charge is 0.378 e. The highest BCUT2D eigenvalue weighted by Gasteiger charge is 2.23. The van der Waals surface area contributed by atoms with Crippen LogP contribution in [0.15, 0.2) is 18.2 Å². The van der Waals surface area contributed by atoms with Crippen molar-refractivity contribution in [3.8, 4) is 0 Å². The van der Waals surface area contributed by atoms with Crippen LogP contribution in [0.4, 0.5) is 5.69 Å². The molecular weight excluding hydrogens is 365 g/mol. The molecule has 0 amide bonds. The Morgan fingerprint density at radius 1 is 1.17 bits per heavy atom. The first kappa shape index (κ1) is 23.8. The number of piperazine rings is 1. The van der Waals surface area contributed by atoms with Crippen molar-refractivity contribution < 1.29 is 0 Å². The molecule has 1 N–H and O–H groups in total. The maximum Gasteiger partial charge on any atom is 0.0474 e. The van der Waals surface area contributed by atoms with E-state index in [-0.39, 0.29) is 24.8 Å². The quantitative estimate of drug-likeness (QED) is 0.669. The molecule has 6 heteroatoms. The molecule has 1 saturated heterocycles. The molecule has 3 nitrogen and oxygen atoms in total. The van der Waals surface area contributed by atoms with E-state index in [2.05, 4.69) is 54.3 Å². The van der Waals surface area contributed by atoms with Gasteiger partial charge >= 0.3 is 0 Å². The lowest BCUT2D eigenvalue weighted by Gasteiger charge is -2.36. The summed E-state index contributed by atoms with van der Waals surface area (Å²) in [7, 11) is 4.11. The van der Waals surface area contributed by atoms with E-state index in [4.69, 9.17) is 11.6 Å². The van der Waals surface area contributed by atoms with Gasteiger partial charge < -0.3 is 10.2 Å². The standard InChI is InChI=1S/C18H30ClN3.2ClH/c1-4-5-6-7-18(22-12-10-20-11-13-22)16-9-8-15(21(2)3)14-17(16)19;;/h8-9,14,18,20H,4-7,10-13H2,1-3H3;2*1H/t18-;;/m0../s1. The summed E-state index contributed by atoms with van der Waals surface area (Å²) < 4.78 is 0. The number of rotatable bonds is 7. The van der Waals surface area contributed by atoms with E-state index < -0.39 is 0 Å². The number of halogens is 3. The first-order valence-corrected chi connectivity index (χ1v) is 8.92. The molecule has 2 rings (SSSR count). The molecule has 0 radical (unpaired) electrons. The van der Waals surface area contributed by atoms with E-state index in [1.807, 2.05) is 0 Å². The van der Waals surface area contributed by atoms with Gasteiger partial charge in [-0.2, -0.15) is 0 Å². The Bertz CT molecular complexity index is 463. The van der Waals surface area contributed by atoms with Gasteiger partial charge in [-0.3, -0.25) is 4.90 Å². The third-order valence-corrected chi connectivity index (χ3v) is 4.86. The fourth-order valence-corrected chi connectivity index (χ4v) is 3.48. The van der Waals surface area contributed by atoms with Crippen molar-refractivity contribution in [3.63, 3.8) is 0 Å². The van der Waals surface area contributed by atoms with Crippen molar-refractivity contribution in [3.05, 3.63) is 28.8 Å². The minimum absolute atomic E-state index is 0. The van der Waals surface area contributed by atoms with E-state index in [1.165, 1.54) is 36.9 Å². The summed E-state index contributed by atoms with van der Waals surface area (Å²) in [6.45, 7) is 6.65. The highest BCUT2D eigenvalue weighted by Crippen LogP contribution is 2.34. The lowest BCUT2D eigenvalue weighted by molar-refractivity contribution is 0.163. The van der Waals surface area contributed by atoms with Gasteiger partial charge in [0.25, 0.3) is 0 Å². The van der Waals surface area contributed by atoms with Gasteiger partial charge in [0.15, 0.2) is 0 Å². The van der Waals surface area contributed by atoms with Crippen molar-refractivity contribution >= 4 is 42.1 Å². The molecule has 1 aliphatic rings. The molecular formula is C18H32Cl3N3. The smallest absolute Gasteiger partial charge is 0.0474 e. The number of anilines is 1. The molecule has 0 unspecified atom stereocenters. The first-order chi connectivity index (χ1) is 10.6. The Kier molecular flexibility index (Phi) is 12.1. The van der Waals surface area contributed by atoms with E-state index in [9.17, 15) is 0 Å². The number of unbranched alkanes of at least 4 members (excludes halogenated alkanes) is 2. The van der Waals surface area contributed by atoms with Gasteiger partial charge in [0.05, 0.1) is 0 Å². The van der Waals surface area contributed by atoms with Crippen LogP contribution >= 0.6 is 36.4 Å². The zero-order valence-electron chi connectivity index (χ0n) is 15.1. The normalized spacial score (nSPS) is 16.0. The zero-order chi connectivity index (χ0) is 15.9. The Morgan fingerprint density at radius 3 is 2.38 bits per heavy atom. The monoisotopic (exact) mass is 395 g/mol. The van der Waals surface area contributed by atoms with Crippen LogP contribution in [-0.2, 0) is 0 Å². The van der Waals surface area contributed by atoms with Crippen LogP contribution in [-0.4, -0.2) is 45.2 Å². The van der Waals surface area contributed by atoms with Gasteiger partial charge in [-0.15, -0.1) is 24.8 Å². The maximum absolute atomic E-state index is 6.63. The SMILES string of the molecule is CCCCC[C@@H](c1ccc(N(C)C)cc1Cl)N1CCNCC1.Cl.Cl. The molecule has 140 valence electrons. The molecule has 1 heterocycles. The summed E-state index contributed by atoms with van der Waals surface area (Å²) in [4.78, 5) is 4.70. The van der Waals surface area contributed by atoms with Gasteiger partial charge in [-0.25, -0.2) is 0 Å². The van der Waals surface area contributed by atoms with Crippen molar-refractivity contribution in [1.82, 2.24) is 10.2 Å². The van der Waals surface area contributed by atoms with Crippen molar-refractivity contribution in [2.45, 2.75) is 38.6 Å². The van der Waals surface area contributed by atoms with Crippen LogP contribution in [0.3, 0.4) is 0 Å². The average Bonchev–Trinajstić information content (AvgIpc) is 2.53. The van der Waals surface area contributed by atoms with Gasteiger partial charge in [0.2, 0.25) is 0 Å². The van der Waals surface area contributed by atoms with Crippen LogP contribution in [0.25, 0.3) is 0 Å². The van der Waals surface area contributed by atoms with Gasteiger partial charge in [-0.05, 0) is 24.1 Å². The fraction of sp³-hybridized carbons (Fsp3) is 0.667. The highest BCUT2D eigenvalue weighted by molar-refractivity contribution is 6.31. The van der Waals surface area contributed by atoms with Crippen molar-refractivity contribution in [2.75, 3.05) is 45.2 Å². The van der Waals surface area contributed by atoms with Crippen LogP contribution in [0, 0.1) is 0 Å². The number of hydrogen-bond acceptors (Lipinski definition) is 3. The lowest BCUT2D eigenvalue weighted by Crippen LogP contribution is -2.45. The third kappa shape index (κ3) is 6.61. The lowest BCUT2D eigenvalue weighted by atomic mass is 9.97. The van der Waals surface area contributed by atoms with Crippen LogP contribution in [0.1, 0.15) is 44.2 Å². The van der Waals surface area contributed by atoms with Gasteiger partial charge in [0, 0.05) is 57.0 Å². The van der Waals surface area contributed by atoms with E-state index in [1.54, 1.807) is 0 Å². The minimum atomic E-state index is 0. The third-order valence-electron chi connectivity index (χ3n) is 4.53. The first-order valence-electron chi connectivity index (χ1n) is 8.55. The summed E-state index contributed by atoms with van der Waals surface area (Å²) in [5.41, 5.74) is 2.46. The fourth-order valence-electron chi connectivity index (χ4n) is 3.18. The molecule has 0 aliphatic carbocycles. The number of hydrogen-bond donors (Lipinski definition) is 1. The Morgan fingerprint density at radius 2 is 1.83 bits per heavy atom. The molecule has 1 aliphatic heterocycles. The topological polar surface area (TPSA) is 18.5 Å². The highest BCUT2D eigenvalue weighted by atomic mass is 35.5. The second-order valence-electron chi connectivity index (χ2n) is 6.40. The summed E-state index contributed by atoms with van der Waals surface area (Å²) in [6.07, 6.45) is 5.04. The predicted octanol–water partition coefficient (Wildman–Crippen LogP) is 4.78. The zero-order valence-corrected chi connectivity index (χ0v) is 17.4. The van der Waals surface area contributed by atoms with Crippen LogP contribution < -0.4 is 10.2 Å². The van der Waals surface area contributed by atoms with Gasteiger partial charge in [0.1, 0.15) is 0 Å². The maximum atomic E-state index is 6.63. The summed E-state index contributed by atoms with van der Waals surface area (Å²) >= 11 is 6.63. The van der Waals surface area contributed by atoms with E-state index in [0.717, 1.165) is 31.2 Å². The van der Waals surface area contributed by atoms with E-state index >= 15 is 0 Å². The molecule has 24 heavy (non-hydrogen) atoms. The summed E-state index contributed by atoms with van der Waals surface area (Å²) in [5, 5.41) is 4.35.